The Labute approximate surface area is 123 Å². The number of rotatable bonds is 3. The fraction of sp³-hybridized carbons (Fsp3) is 0.538. The first-order chi connectivity index (χ1) is 9.02. The summed E-state index contributed by atoms with van der Waals surface area (Å²) in [6.07, 6.45) is 3.53. The third-order valence-electron chi connectivity index (χ3n) is 3.50. The Kier molecular flexibility index (Phi) is 4.76. The minimum Gasteiger partial charge on any atom is -0.345 e. The molecule has 1 fully saturated rings. The molecule has 1 saturated heterocycles. The molecular formula is C13H19N3OS2. The molecule has 0 aliphatic carbocycles. The quantitative estimate of drug-likeness (QED) is 0.511. The SMILES string of the molecule is Cc1ccnc(C(=O)NC2(C)CCN(SS)CC2)c1. The smallest absolute Gasteiger partial charge is 0.270 e. The molecule has 1 aromatic rings. The van der Waals surface area contributed by atoms with Gasteiger partial charge < -0.3 is 5.32 Å². The van der Waals surface area contributed by atoms with E-state index in [1.807, 2.05) is 19.1 Å². The number of carbonyl (C=O) groups excluding carboxylic acids is 1. The van der Waals surface area contributed by atoms with Gasteiger partial charge in [-0.25, -0.2) is 4.31 Å². The van der Waals surface area contributed by atoms with Crippen LogP contribution in [0.4, 0.5) is 0 Å². The Morgan fingerprint density at radius 3 is 2.79 bits per heavy atom. The third kappa shape index (κ3) is 3.87. The highest BCUT2D eigenvalue weighted by atomic mass is 33.1. The van der Waals surface area contributed by atoms with Gasteiger partial charge in [-0.05, 0) is 55.4 Å². The molecule has 1 N–H and O–H groups in total. The monoisotopic (exact) mass is 297 g/mol. The van der Waals surface area contributed by atoms with Crippen LogP contribution in [0.5, 0.6) is 0 Å². The lowest BCUT2D eigenvalue weighted by Gasteiger charge is -2.38. The molecule has 0 spiro atoms. The first-order valence-electron chi connectivity index (χ1n) is 6.34. The summed E-state index contributed by atoms with van der Waals surface area (Å²) in [5.41, 5.74) is 1.39. The van der Waals surface area contributed by atoms with Crippen LogP contribution in [0.3, 0.4) is 0 Å². The van der Waals surface area contributed by atoms with E-state index < -0.39 is 0 Å². The number of aromatic nitrogens is 1. The van der Waals surface area contributed by atoms with Gasteiger partial charge in [0.05, 0.1) is 0 Å². The summed E-state index contributed by atoms with van der Waals surface area (Å²) in [4.78, 5) is 16.3. The van der Waals surface area contributed by atoms with Crippen molar-refractivity contribution in [1.82, 2.24) is 14.6 Å². The predicted molar refractivity (Wildman–Crippen MR) is 82.2 cm³/mol. The van der Waals surface area contributed by atoms with Crippen molar-refractivity contribution in [3.8, 4) is 0 Å². The highest BCUT2D eigenvalue weighted by Crippen LogP contribution is 2.27. The number of piperidine rings is 1. The zero-order chi connectivity index (χ0) is 13.9. The van der Waals surface area contributed by atoms with Crippen LogP contribution in [0.1, 0.15) is 35.8 Å². The van der Waals surface area contributed by atoms with Crippen molar-refractivity contribution < 1.29 is 4.79 Å². The molecule has 1 aliphatic heterocycles. The van der Waals surface area contributed by atoms with Gasteiger partial charge >= 0.3 is 0 Å². The van der Waals surface area contributed by atoms with Gasteiger partial charge in [0.15, 0.2) is 0 Å². The predicted octanol–water partition coefficient (Wildman–Crippen LogP) is 2.47. The highest BCUT2D eigenvalue weighted by Gasteiger charge is 2.31. The fourth-order valence-electron chi connectivity index (χ4n) is 2.18. The van der Waals surface area contributed by atoms with Gasteiger partial charge in [0, 0.05) is 24.8 Å². The number of hydrogen-bond donors (Lipinski definition) is 2. The lowest BCUT2D eigenvalue weighted by Crippen LogP contribution is -2.52. The van der Waals surface area contributed by atoms with Crippen molar-refractivity contribution in [3.05, 3.63) is 29.6 Å². The minimum absolute atomic E-state index is 0.0850. The van der Waals surface area contributed by atoms with E-state index in [0.717, 1.165) is 31.5 Å². The standard InChI is InChI=1S/C13H19N3OS2/c1-10-3-6-14-11(9-10)12(17)15-13(2)4-7-16(19-18)8-5-13/h3,6,9,18H,4-5,7-8H2,1-2H3,(H,15,17). The number of nitrogens with zero attached hydrogens (tertiary/aromatic N) is 2. The molecule has 19 heavy (non-hydrogen) atoms. The second kappa shape index (κ2) is 6.15. The van der Waals surface area contributed by atoms with Gasteiger partial charge in [0.25, 0.3) is 5.91 Å². The van der Waals surface area contributed by atoms with E-state index in [2.05, 4.69) is 33.2 Å². The van der Waals surface area contributed by atoms with Crippen LogP contribution in [0, 0.1) is 6.92 Å². The summed E-state index contributed by atoms with van der Waals surface area (Å²) in [6, 6.07) is 3.71. The topological polar surface area (TPSA) is 45.2 Å². The average molecular weight is 297 g/mol. The number of hydrogen-bond acceptors (Lipinski definition) is 5. The molecule has 0 bridgehead atoms. The maximum absolute atomic E-state index is 12.2. The largest absolute Gasteiger partial charge is 0.345 e. The Morgan fingerprint density at radius 1 is 1.53 bits per heavy atom. The summed E-state index contributed by atoms with van der Waals surface area (Å²) in [6.45, 7) is 5.93. The van der Waals surface area contributed by atoms with E-state index in [1.54, 1.807) is 6.20 Å². The van der Waals surface area contributed by atoms with E-state index in [1.165, 1.54) is 11.0 Å². The van der Waals surface area contributed by atoms with Crippen LogP contribution in [0.25, 0.3) is 0 Å². The molecule has 1 aromatic heterocycles. The molecule has 2 rings (SSSR count). The Bertz CT molecular complexity index is 459. The number of amides is 1. The van der Waals surface area contributed by atoms with Gasteiger partial charge in [-0.1, -0.05) is 11.7 Å². The van der Waals surface area contributed by atoms with Crippen LogP contribution < -0.4 is 5.32 Å². The third-order valence-corrected chi connectivity index (χ3v) is 4.79. The summed E-state index contributed by atoms with van der Waals surface area (Å²) in [7, 11) is 1.47. The summed E-state index contributed by atoms with van der Waals surface area (Å²) >= 11 is 4.20. The number of thiol groups is 1. The van der Waals surface area contributed by atoms with Crippen molar-refractivity contribution in [1.29, 1.82) is 0 Å². The Balaban J connectivity index is 1.99. The molecule has 0 aromatic carbocycles. The van der Waals surface area contributed by atoms with Crippen molar-refractivity contribution >= 4 is 28.5 Å². The lowest BCUT2D eigenvalue weighted by molar-refractivity contribution is 0.0868. The van der Waals surface area contributed by atoms with Gasteiger partial charge in [0.1, 0.15) is 5.69 Å². The van der Waals surface area contributed by atoms with Gasteiger partial charge in [-0.3, -0.25) is 9.78 Å². The van der Waals surface area contributed by atoms with E-state index in [9.17, 15) is 4.79 Å². The lowest BCUT2D eigenvalue weighted by atomic mass is 9.90. The first kappa shape index (κ1) is 14.7. The first-order valence-corrected chi connectivity index (χ1v) is 8.17. The molecule has 4 nitrogen and oxygen atoms in total. The van der Waals surface area contributed by atoms with Crippen molar-refractivity contribution in [2.45, 2.75) is 32.2 Å². The van der Waals surface area contributed by atoms with Crippen molar-refractivity contribution in [2.24, 2.45) is 0 Å². The van der Waals surface area contributed by atoms with E-state index in [4.69, 9.17) is 0 Å². The highest BCUT2D eigenvalue weighted by molar-refractivity contribution is 8.67. The molecule has 0 atom stereocenters. The minimum atomic E-state index is -0.150. The maximum atomic E-state index is 12.2. The van der Waals surface area contributed by atoms with Crippen LogP contribution >= 0.6 is 22.6 Å². The molecule has 0 saturated carbocycles. The van der Waals surface area contributed by atoms with E-state index >= 15 is 0 Å². The van der Waals surface area contributed by atoms with Crippen molar-refractivity contribution in [3.63, 3.8) is 0 Å². The normalized spacial score (nSPS) is 19.1. The second-order valence-electron chi connectivity index (χ2n) is 5.24. The zero-order valence-electron chi connectivity index (χ0n) is 11.2. The molecule has 2 heterocycles. The number of aryl methyl sites for hydroxylation is 1. The molecule has 0 unspecified atom stereocenters. The van der Waals surface area contributed by atoms with Crippen LogP contribution in [-0.2, 0) is 0 Å². The summed E-state index contributed by atoms with van der Waals surface area (Å²) in [5.74, 6) is -0.0850. The zero-order valence-corrected chi connectivity index (χ0v) is 12.9. The van der Waals surface area contributed by atoms with Crippen LogP contribution in [0.2, 0.25) is 0 Å². The maximum Gasteiger partial charge on any atom is 0.270 e. The molecule has 1 aliphatic rings. The molecule has 104 valence electrons. The number of pyridine rings is 1. The van der Waals surface area contributed by atoms with Crippen LogP contribution in [0.15, 0.2) is 18.3 Å². The number of nitrogens with one attached hydrogen (secondary N) is 1. The fourth-order valence-corrected chi connectivity index (χ4v) is 3.02. The molecular weight excluding hydrogens is 278 g/mol. The molecule has 1 amide bonds. The van der Waals surface area contributed by atoms with E-state index in [-0.39, 0.29) is 11.4 Å². The summed E-state index contributed by atoms with van der Waals surface area (Å²) < 4.78 is 2.20. The van der Waals surface area contributed by atoms with Crippen molar-refractivity contribution in [2.75, 3.05) is 13.1 Å². The Morgan fingerprint density at radius 2 is 2.21 bits per heavy atom. The van der Waals surface area contributed by atoms with E-state index in [0.29, 0.717) is 5.69 Å². The van der Waals surface area contributed by atoms with Gasteiger partial charge in [-0.15, -0.1) is 0 Å². The summed E-state index contributed by atoms with van der Waals surface area (Å²) in [5, 5.41) is 3.12. The molecule has 0 radical (unpaired) electrons. The second-order valence-corrected chi connectivity index (χ2v) is 6.41. The van der Waals surface area contributed by atoms with Gasteiger partial charge in [-0.2, -0.15) is 0 Å². The average Bonchev–Trinajstić information content (AvgIpc) is 2.39. The van der Waals surface area contributed by atoms with Crippen LogP contribution in [-0.4, -0.2) is 33.8 Å². The van der Waals surface area contributed by atoms with Gasteiger partial charge in [0.2, 0.25) is 0 Å². The molecule has 6 heteroatoms. The number of carbonyl (C=O) groups is 1. The Hall–Kier alpha value is -0.720.